The minimum atomic E-state index is -0.227. The Balaban J connectivity index is 1.20. The van der Waals surface area contributed by atoms with Gasteiger partial charge in [0.1, 0.15) is 12.3 Å². The quantitative estimate of drug-likeness (QED) is 0.428. The number of ether oxygens (including phenoxy) is 1. The SMILES string of the molecule is O=C(OCc1ccccc1)N1CCC(C2Nc3ccccc3-c3ccnc4[nH]cc2c34)CC1. The van der Waals surface area contributed by atoms with Crippen LogP contribution in [0.4, 0.5) is 10.5 Å². The zero-order chi connectivity index (χ0) is 22.2. The molecule has 2 aliphatic heterocycles. The number of fused-ring (bicyclic) bond motifs is 2. The van der Waals surface area contributed by atoms with Crippen molar-refractivity contribution >= 4 is 22.8 Å². The number of aromatic nitrogens is 2. The first-order chi connectivity index (χ1) is 16.3. The summed E-state index contributed by atoms with van der Waals surface area (Å²) in [5.74, 6) is 0.404. The molecule has 1 amide bonds. The van der Waals surface area contributed by atoms with Crippen LogP contribution in [0.2, 0.25) is 0 Å². The van der Waals surface area contributed by atoms with Crippen LogP contribution in [0.5, 0.6) is 0 Å². The van der Waals surface area contributed by atoms with Crippen molar-refractivity contribution in [2.24, 2.45) is 5.92 Å². The molecule has 33 heavy (non-hydrogen) atoms. The summed E-state index contributed by atoms with van der Waals surface area (Å²) in [6, 6.07) is 20.6. The van der Waals surface area contributed by atoms with Gasteiger partial charge in [0, 0.05) is 47.7 Å². The Bertz CT molecular complexity index is 1290. The average Bonchev–Trinajstić information content (AvgIpc) is 3.25. The van der Waals surface area contributed by atoms with E-state index in [4.69, 9.17) is 4.74 Å². The van der Waals surface area contributed by atoms with Crippen molar-refractivity contribution in [1.29, 1.82) is 0 Å². The third-order valence-electron chi connectivity index (χ3n) is 6.94. The maximum absolute atomic E-state index is 12.6. The third kappa shape index (κ3) is 3.61. The summed E-state index contributed by atoms with van der Waals surface area (Å²) >= 11 is 0. The summed E-state index contributed by atoms with van der Waals surface area (Å²) < 4.78 is 5.55. The van der Waals surface area contributed by atoms with Gasteiger partial charge in [-0.2, -0.15) is 0 Å². The molecule has 1 saturated heterocycles. The summed E-state index contributed by atoms with van der Waals surface area (Å²) in [6.07, 6.45) is 5.58. The van der Waals surface area contributed by atoms with E-state index in [0.717, 1.165) is 29.7 Å². The molecule has 1 fully saturated rings. The lowest BCUT2D eigenvalue weighted by atomic mass is 9.85. The first-order valence-corrected chi connectivity index (χ1v) is 11.6. The van der Waals surface area contributed by atoms with Crippen molar-refractivity contribution in [3.05, 3.63) is 84.2 Å². The fraction of sp³-hybridized carbons (Fsp3) is 0.259. The number of aromatic amines is 1. The summed E-state index contributed by atoms with van der Waals surface area (Å²) in [7, 11) is 0. The van der Waals surface area contributed by atoms with Gasteiger partial charge in [0.2, 0.25) is 0 Å². The zero-order valence-corrected chi connectivity index (χ0v) is 18.3. The number of benzene rings is 2. The monoisotopic (exact) mass is 438 g/mol. The van der Waals surface area contributed by atoms with Gasteiger partial charge in [0.25, 0.3) is 0 Å². The molecule has 1 atom stereocenters. The Labute approximate surface area is 192 Å². The van der Waals surface area contributed by atoms with E-state index in [1.807, 2.05) is 41.4 Å². The summed E-state index contributed by atoms with van der Waals surface area (Å²) in [6.45, 7) is 1.71. The van der Waals surface area contributed by atoms with Gasteiger partial charge in [-0.05, 0) is 42.0 Å². The molecule has 1 unspecified atom stereocenters. The molecule has 4 aromatic rings. The zero-order valence-electron chi connectivity index (χ0n) is 18.3. The highest BCUT2D eigenvalue weighted by molar-refractivity contribution is 6.00. The maximum Gasteiger partial charge on any atom is 0.410 e. The molecule has 2 N–H and O–H groups in total. The van der Waals surface area contributed by atoms with Gasteiger partial charge in [-0.3, -0.25) is 0 Å². The van der Waals surface area contributed by atoms with Crippen molar-refractivity contribution in [2.75, 3.05) is 18.4 Å². The minimum Gasteiger partial charge on any atom is -0.445 e. The standard InChI is InChI=1S/C27H26N4O2/c32-27(33-17-18-6-2-1-3-7-18)31-14-11-19(12-15-31)25-22-16-29-26-24(22)21(10-13-28-26)20-8-4-5-9-23(20)30-25/h1-10,13,16,19,25,30H,11-12,14-15,17H2,(H,28,29). The number of hydrogen-bond acceptors (Lipinski definition) is 4. The maximum atomic E-state index is 12.6. The molecule has 0 saturated carbocycles. The Morgan fingerprint density at radius 3 is 2.64 bits per heavy atom. The number of nitrogens with one attached hydrogen (secondary N) is 2. The number of likely N-dealkylation sites (tertiary alicyclic amines) is 1. The number of H-pyrrole nitrogens is 1. The molecule has 0 radical (unpaired) electrons. The number of anilines is 1. The number of para-hydroxylation sites is 1. The van der Waals surface area contributed by atoms with Crippen LogP contribution in [0.25, 0.3) is 22.2 Å². The van der Waals surface area contributed by atoms with Crippen molar-refractivity contribution < 1.29 is 9.53 Å². The summed E-state index contributed by atoms with van der Waals surface area (Å²) in [4.78, 5) is 22.4. The van der Waals surface area contributed by atoms with E-state index < -0.39 is 0 Å². The van der Waals surface area contributed by atoms with Crippen LogP contribution in [-0.4, -0.2) is 34.1 Å². The Kier molecular flexibility index (Phi) is 4.98. The predicted molar refractivity (Wildman–Crippen MR) is 129 cm³/mol. The van der Waals surface area contributed by atoms with E-state index >= 15 is 0 Å². The average molecular weight is 439 g/mol. The number of pyridine rings is 1. The largest absolute Gasteiger partial charge is 0.445 e. The van der Waals surface area contributed by atoms with E-state index in [9.17, 15) is 4.79 Å². The fourth-order valence-electron chi connectivity index (χ4n) is 5.24. The van der Waals surface area contributed by atoms with Crippen LogP contribution in [0.15, 0.2) is 73.1 Å². The fourth-order valence-corrected chi connectivity index (χ4v) is 5.24. The molecule has 2 aliphatic rings. The van der Waals surface area contributed by atoms with Gasteiger partial charge < -0.3 is 19.9 Å². The van der Waals surface area contributed by atoms with Crippen LogP contribution < -0.4 is 5.32 Å². The topological polar surface area (TPSA) is 70.2 Å². The van der Waals surface area contributed by atoms with E-state index in [2.05, 4.69) is 51.8 Å². The molecular weight excluding hydrogens is 412 g/mol. The summed E-state index contributed by atoms with van der Waals surface area (Å²) in [5, 5.41) is 5.03. The van der Waals surface area contributed by atoms with Crippen LogP contribution in [0.3, 0.4) is 0 Å². The van der Waals surface area contributed by atoms with Gasteiger partial charge in [-0.25, -0.2) is 9.78 Å². The number of amides is 1. The lowest BCUT2D eigenvalue weighted by Gasteiger charge is -2.36. The highest BCUT2D eigenvalue weighted by Gasteiger charge is 2.34. The minimum absolute atomic E-state index is 0.160. The lowest BCUT2D eigenvalue weighted by molar-refractivity contribution is 0.0805. The molecule has 166 valence electrons. The number of rotatable bonds is 3. The first-order valence-electron chi connectivity index (χ1n) is 11.6. The summed E-state index contributed by atoms with van der Waals surface area (Å²) in [5.41, 5.74) is 6.75. The van der Waals surface area contributed by atoms with Gasteiger partial charge >= 0.3 is 6.09 Å². The second kappa shape index (κ2) is 8.28. The van der Waals surface area contributed by atoms with Crippen molar-refractivity contribution in [1.82, 2.24) is 14.9 Å². The molecule has 6 heteroatoms. The molecule has 0 bridgehead atoms. The van der Waals surface area contributed by atoms with Gasteiger partial charge in [0.05, 0.1) is 6.04 Å². The Morgan fingerprint density at radius 2 is 1.79 bits per heavy atom. The van der Waals surface area contributed by atoms with Crippen LogP contribution in [0.1, 0.15) is 30.0 Å². The third-order valence-corrected chi connectivity index (χ3v) is 6.94. The smallest absolute Gasteiger partial charge is 0.410 e. The molecule has 6 rings (SSSR count). The molecule has 4 heterocycles. The number of piperidine rings is 1. The highest BCUT2D eigenvalue weighted by atomic mass is 16.6. The van der Waals surface area contributed by atoms with Gasteiger partial charge in [0.15, 0.2) is 0 Å². The van der Waals surface area contributed by atoms with Crippen molar-refractivity contribution in [3.8, 4) is 11.1 Å². The molecule has 0 aliphatic carbocycles. The lowest BCUT2D eigenvalue weighted by Crippen LogP contribution is -2.40. The number of hydrogen-bond donors (Lipinski definition) is 2. The second-order valence-corrected chi connectivity index (χ2v) is 8.86. The molecular formula is C27H26N4O2. The Morgan fingerprint density at radius 1 is 1.00 bits per heavy atom. The van der Waals surface area contributed by atoms with Gasteiger partial charge in [-0.1, -0.05) is 48.5 Å². The number of nitrogens with zero attached hydrogens (tertiary/aromatic N) is 2. The van der Waals surface area contributed by atoms with Crippen LogP contribution in [-0.2, 0) is 11.3 Å². The van der Waals surface area contributed by atoms with Crippen molar-refractivity contribution in [3.63, 3.8) is 0 Å². The van der Waals surface area contributed by atoms with E-state index in [0.29, 0.717) is 25.6 Å². The number of carbonyl (C=O) groups is 1. The molecule has 2 aromatic carbocycles. The van der Waals surface area contributed by atoms with E-state index in [1.165, 1.54) is 22.1 Å². The van der Waals surface area contributed by atoms with Crippen LogP contribution in [0, 0.1) is 5.92 Å². The van der Waals surface area contributed by atoms with Gasteiger partial charge in [-0.15, -0.1) is 0 Å². The number of carbonyl (C=O) groups excluding carboxylic acids is 1. The molecule has 2 aromatic heterocycles. The van der Waals surface area contributed by atoms with E-state index in [1.54, 1.807) is 0 Å². The first kappa shape index (κ1) is 19.9. The Hall–Kier alpha value is -3.80. The van der Waals surface area contributed by atoms with Crippen LogP contribution >= 0.6 is 0 Å². The van der Waals surface area contributed by atoms with Crippen molar-refractivity contribution in [2.45, 2.75) is 25.5 Å². The molecule has 0 spiro atoms. The second-order valence-electron chi connectivity index (χ2n) is 8.86. The van der Waals surface area contributed by atoms with E-state index in [-0.39, 0.29) is 12.1 Å². The highest BCUT2D eigenvalue weighted by Crippen LogP contribution is 2.45. The molecule has 6 nitrogen and oxygen atoms in total. The normalized spacial score (nSPS) is 17.8. The predicted octanol–water partition coefficient (Wildman–Crippen LogP) is 5.75.